The molecule has 27 heavy (non-hydrogen) atoms. The summed E-state index contributed by atoms with van der Waals surface area (Å²) in [5, 5.41) is 14.3. The van der Waals surface area contributed by atoms with Crippen molar-refractivity contribution in [2.24, 2.45) is 0 Å². The van der Waals surface area contributed by atoms with Crippen molar-refractivity contribution in [1.82, 2.24) is 15.5 Å². The Labute approximate surface area is 158 Å². The van der Waals surface area contributed by atoms with Gasteiger partial charge in [-0.2, -0.15) is 10.2 Å². The van der Waals surface area contributed by atoms with Crippen molar-refractivity contribution < 1.29 is 0 Å². The molecule has 3 nitrogen and oxygen atoms in total. The van der Waals surface area contributed by atoms with Gasteiger partial charge in [-0.15, -0.1) is 0 Å². The molecular weight excluding hydrogens is 330 g/mol. The highest BCUT2D eigenvalue weighted by molar-refractivity contribution is 5.90. The maximum absolute atomic E-state index is 4.25. The van der Waals surface area contributed by atoms with Gasteiger partial charge < -0.3 is 5.32 Å². The van der Waals surface area contributed by atoms with Gasteiger partial charge in [-0.3, -0.25) is 0 Å². The highest BCUT2D eigenvalue weighted by atomic mass is 15.1. The Hall–Kier alpha value is -3.30. The highest BCUT2D eigenvalue weighted by Gasteiger charge is 2.14. The molecule has 5 rings (SSSR count). The standard InChI is InChI=1S/C24H19N3/c1-2-5-18-14-19(8-7-17(18)4-1)23-11-13-25-16-21-15-20(9-10-22(21)23)24-6-3-12-26-27-24/h1-12,14-15,25H,13,16H2. The summed E-state index contributed by atoms with van der Waals surface area (Å²) in [6.07, 6.45) is 3.99. The molecule has 0 unspecified atom stereocenters. The van der Waals surface area contributed by atoms with Gasteiger partial charge in [-0.05, 0) is 57.3 Å². The van der Waals surface area contributed by atoms with E-state index in [1.54, 1.807) is 6.20 Å². The summed E-state index contributed by atoms with van der Waals surface area (Å²) in [5.74, 6) is 0. The lowest BCUT2D eigenvalue weighted by atomic mass is 9.91. The molecule has 1 aromatic heterocycles. The molecule has 1 aliphatic rings. The van der Waals surface area contributed by atoms with Crippen LogP contribution in [0.3, 0.4) is 0 Å². The molecule has 2 heterocycles. The van der Waals surface area contributed by atoms with E-state index in [1.807, 2.05) is 12.1 Å². The van der Waals surface area contributed by atoms with E-state index in [9.17, 15) is 0 Å². The van der Waals surface area contributed by atoms with Crippen molar-refractivity contribution in [3.8, 4) is 11.3 Å². The van der Waals surface area contributed by atoms with E-state index < -0.39 is 0 Å². The molecule has 4 aromatic rings. The summed E-state index contributed by atoms with van der Waals surface area (Å²) in [7, 11) is 0. The molecule has 0 atom stereocenters. The molecule has 3 aromatic carbocycles. The van der Waals surface area contributed by atoms with Crippen LogP contribution in [0.1, 0.15) is 16.7 Å². The molecule has 0 radical (unpaired) electrons. The van der Waals surface area contributed by atoms with Gasteiger partial charge in [0.1, 0.15) is 0 Å². The minimum atomic E-state index is 0.844. The van der Waals surface area contributed by atoms with Crippen molar-refractivity contribution in [1.29, 1.82) is 0 Å². The van der Waals surface area contributed by atoms with Gasteiger partial charge in [0.25, 0.3) is 0 Å². The van der Waals surface area contributed by atoms with Crippen LogP contribution in [0.15, 0.2) is 85.1 Å². The van der Waals surface area contributed by atoms with Gasteiger partial charge >= 0.3 is 0 Å². The van der Waals surface area contributed by atoms with Crippen LogP contribution in [0, 0.1) is 0 Å². The number of benzene rings is 3. The number of nitrogens with zero attached hydrogens (tertiary/aromatic N) is 2. The summed E-state index contributed by atoms with van der Waals surface area (Å²) in [6, 6.07) is 25.7. The molecule has 130 valence electrons. The first-order valence-corrected chi connectivity index (χ1v) is 9.20. The summed E-state index contributed by atoms with van der Waals surface area (Å²) >= 11 is 0. The third-order valence-electron chi connectivity index (χ3n) is 5.09. The van der Waals surface area contributed by atoms with Crippen molar-refractivity contribution in [3.63, 3.8) is 0 Å². The number of fused-ring (bicyclic) bond motifs is 2. The lowest BCUT2D eigenvalue weighted by Gasteiger charge is -2.13. The average Bonchev–Trinajstić information content (AvgIpc) is 2.96. The lowest BCUT2D eigenvalue weighted by Crippen LogP contribution is -2.11. The Morgan fingerprint density at radius 3 is 2.56 bits per heavy atom. The second-order valence-corrected chi connectivity index (χ2v) is 6.79. The van der Waals surface area contributed by atoms with Crippen LogP contribution in [-0.2, 0) is 6.54 Å². The number of nitrogens with one attached hydrogen (secondary N) is 1. The van der Waals surface area contributed by atoms with Gasteiger partial charge in [0.05, 0.1) is 5.69 Å². The highest BCUT2D eigenvalue weighted by Crippen LogP contribution is 2.32. The van der Waals surface area contributed by atoms with Gasteiger partial charge in [0, 0.05) is 24.8 Å². The fourth-order valence-electron chi connectivity index (χ4n) is 3.74. The largest absolute Gasteiger partial charge is 0.309 e. The normalized spacial score (nSPS) is 13.7. The van der Waals surface area contributed by atoms with Gasteiger partial charge in [0.2, 0.25) is 0 Å². The van der Waals surface area contributed by atoms with E-state index in [1.165, 1.54) is 33.0 Å². The van der Waals surface area contributed by atoms with Crippen molar-refractivity contribution >= 4 is 16.3 Å². The van der Waals surface area contributed by atoms with Gasteiger partial charge in [-0.1, -0.05) is 54.6 Å². The van der Waals surface area contributed by atoms with Crippen LogP contribution in [0.25, 0.3) is 27.6 Å². The van der Waals surface area contributed by atoms with E-state index in [-0.39, 0.29) is 0 Å². The van der Waals surface area contributed by atoms with E-state index in [0.717, 1.165) is 24.3 Å². The van der Waals surface area contributed by atoms with Crippen LogP contribution in [0.5, 0.6) is 0 Å². The van der Waals surface area contributed by atoms with Gasteiger partial charge in [-0.25, -0.2) is 0 Å². The van der Waals surface area contributed by atoms with Crippen LogP contribution in [0.2, 0.25) is 0 Å². The molecule has 0 fully saturated rings. The topological polar surface area (TPSA) is 37.8 Å². The van der Waals surface area contributed by atoms with E-state index >= 15 is 0 Å². The lowest BCUT2D eigenvalue weighted by molar-refractivity contribution is 0.766. The number of aromatic nitrogens is 2. The van der Waals surface area contributed by atoms with Crippen LogP contribution >= 0.6 is 0 Å². The van der Waals surface area contributed by atoms with Crippen LogP contribution in [0.4, 0.5) is 0 Å². The fraction of sp³-hybridized carbons (Fsp3) is 0.0833. The summed E-state index contributed by atoms with van der Waals surface area (Å²) in [5.41, 5.74) is 7.11. The molecule has 3 heteroatoms. The maximum atomic E-state index is 4.25. The second-order valence-electron chi connectivity index (χ2n) is 6.79. The first-order chi connectivity index (χ1) is 13.4. The van der Waals surface area contributed by atoms with Gasteiger partial charge in [0.15, 0.2) is 0 Å². The van der Waals surface area contributed by atoms with Crippen molar-refractivity contribution in [2.45, 2.75) is 6.54 Å². The zero-order valence-electron chi connectivity index (χ0n) is 14.9. The molecule has 0 spiro atoms. The molecule has 0 amide bonds. The quantitative estimate of drug-likeness (QED) is 0.563. The van der Waals surface area contributed by atoms with E-state index in [4.69, 9.17) is 0 Å². The molecule has 1 aliphatic heterocycles. The molecular formula is C24H19N3. The summed E-state index contributed by atoms with van der Waals surface area (Å²) in [6.45, 7) is 1.70. The van der Waals surface area contributed by atoms with Crippen LogP contribution in [-0.4, -0.2) is 16.7 Å². The predicted octanol–water partition coefficient (Wildman–Crippen LogP) is 4.83. The molecule has 1 N–H and O–H groups in total. The van der Waals surface area contributed by atoms with Crippen molar-refractivity contribution in [2.75, 3.05) is 6.54 Å². The number of rotatable bonds is 2. The predicted molar refractivity (Wildman–Crippen MR) is 110 cm³/mol. The molecule has 0 saturated heterocycles. The first kappa shape index (κ1) is 15.9. The minimum Gasteiger partial charge on any atom is -0.309 e. The molecule has 0 saturated carbocycles. The molecule has 0 aliphatic carbocycles. The second kappa shape index (κ2) is 6.78. The fourth-order valence-corrected chi connectivity index (χ4v) is 3.74. The monoisotopic (exact) mass is 349 g/mol. The van der Waals surface area contributed by atoms with E-state index in [2.05, 4.69) is 82.3 Å². The Bertz CT molecular complexity index is 1150. The Morgan fingerprint density at radius 2 is 1.67 bits per heavy atom. The number of hydrogen-bond donors (Lipinski definition) is 1. The SMILES string of the molecule is C1=C(c2ccc3ccccc3c2)c2ccc(-c3cccnn3)cc2CNC1. The zero-order chi connectivity index (χ0) is 18.1. The zero-order valence-corrected chi connectivity index (χ0v) is 14.9. The third-order valence-corrected chi connectivity index (χ3v) is 5.09. The minimum absolute atomic E-state index is 0.844. The summed E-state index contributed by atoms with van der Waals surface area (Å²) in [4.78, 5) is 0. The smallest absolute Gasteiger partial charge is 0.0929 e. The maximum Gasteiger partial charge on any atom is 0.0929 e. The Balaban J connectivity index is 1.61. The van der Waals surface area contributed by atoms with E-state index in [0.29, 0.717) is 0 Å². The first-order valence-electron chi connectivity index (χ1n) is 9.20. The Morgan fingerprint density at radius 1 is 0.778 bits per heavy atom. The molecule has 0 bridgehead atoms. The third kappa shape index (κ3) is 3.03. The van der Waals surface area contributed by atoms with Crippen molar-refractivity contribution in [3.05, 3.63) is 102 Å². The average molecular weight is 349 g/mol. The van der Waals surface area contributed by atoms with Crippen LogP contribution < -0.4 is 5.32 Å². The summed E-state index contributed by atoms with van der Waals surface area (Å²) < 4.78 is 0. The number of hydrogen-bond acceptors (Lipinski definition) is 3. The Kier molecular flexibility index (Phi) is 4.00.